The molecule has 21 heavy (non-hydrogen) atoms. The van der Waals surface area contributed by atoms with Crippen LogP contribution in [0.25, 0.3) is 10.2 Å². The number of nitrogens with zero attached hydrogens (tertiary/aromatic N) is 3. The summed E-state index contributed by atoms with van der Waals surface area (Å²) in [6.07, 6.45) is 1.01. The van der Waals surface area contributed by atoms with Crippen LogP contribution in [0, 0.1) is 0 Å². The van der Waals surface area contributed by atoms with Crippen LogP contribution in [0.4, 0.5) is 11.8 Å². The zero-order valence-electron chi connectivity index (χ0n) is 12.4. The number of hydrogen-bond donors (Lipinski definition) is 1. The van der Waals surface area contributed by atoms with Gasteiger partial charge in [0.05, 0.1) is 5.39 Å². The van der Waals surface area contributed by atoms with Gasteiger partial charge in [-0.15, -0.1) is 11.3 Å². The molecule has 0 aliphatic carbocycles. The Kier molecular flexibility index (Phi) is 4.40. The maximum absolute atomic E-state index is 11.6. The molecule has 0 amide bonds. The van der Waals surface area contributed by atoms with E-state index in [1.165, 1.54) is 4.88 Å². The van der Waals surface area contributed by atoms with E-state index in [2.05, 4.69) is 28.2 Å². The Balaban J connectivity index is 2.05. The van der Waals surface area contributed by atoms with Gasteiger partial charge in [-0.05, 0) is 19.4 Å². The average molecular weight is 324 g/mol. The molecular formula is C14H20N4OS2. The Morgan fingerprint density at radius 2 is 2.10 bits per heavy atom. The van der Waals surface area contributed by atoms with Gasteiger partial charge in [0.1, 0.15) is 10.6 Å². The maximum Gasteiger partial charge on any atom is 0.226 e. The molecule has 0 spiro atoms. The fourth-order valence-electron chi connectivity index (χ4n) is 2.46. The monoisotopic (exact) mass is 324 g/mol. The summed E-state index contributed by atoms with van der Waals surface area (Å²) < 4.78 is 11.6. The van der Waals surface area contributed by atoms with Crippen molar-refractivity contribution in [3.8, 4) is 0 Å². The molecule has 3 heterocycles. The number of nitrogens with one attached hydrogen (secondary N) is 1. The molecular weight excluding hydrogens is 304 g/mol. The predicted molar refractivity (Wildman–Crippen MR) is 91.0 cm³/mol. The summed E-state index contributed by atoms with van der Waals surface area (Å²) in [5.74, 6) is 3.14. The van der Waals surface area contributed by atoms with E-state index in [4.69, 9.17) is 4.98 Å². The molecule has 1 saturated heterocycles. The summed E-state index contributed by atoms with van der Waals surface area (Å²) >= 11 is 1.74. The second kappa shape index (κ2) is 6.27. The second-order valence-electron chi connectivity index (χ2n) is 5.02. The van der Waals surface area contributed by atoms with Crippen LogP contribution >= 0.6 is 11.3 Å². The van der Waals surface area contributed by atoms with Crippen molar-refractivity contribution in [2.45, 2.75) is 20.3 Å². The summed E-state index contributed by atoms with van der Waals surface area (Å²) in [5.41, 5.74) is 0. The minimum Gasteiger partial charge on any atom is -0.354 e. The zero-order valence-corrected chi connectivity index (χ0v) is 14.0. The van der Waals surface area contributed by atoms with Crippen LogP contribution in [0.2, 0.25) is 0 Å². The third kappa shape index (κ3) is 3.03. The summed E-state index contributed by atoms with van der Waals surface area (Å²) in [4.78, 5) is 13.9. The number of fused-ring (bicyclic) bond motifs is 1. The Morgan fingerprint density at radius 1 is 1.33 bits per heavy atom. The van der Waals surface area contributed by atoms with Crippen molar-refractivity contribution in [1.29, 1.82) is 0 Å². The number of rotatable bonds is 4. The van der Waals surface area contributed by atoms with Crippen molar-refractivity contribution >= 4 is 44.1 Å². The summed E-state index contributed by atoms with van der Waals surface area (Å²) in [5, 5.41) is 4.34. The predicted octanol–water partition coefficient (Wildman–Crippen LogP) is 2.25. The van der Waals surface area contributed by atoms with Crippen LogP contribution in [0.3, 0.4) is 0 Å². The molecule has 1 aliphatic rings. The first kappa shape index (κ1) is 14.7. The Hall–Kier alpha value is -1.21. The van der Waals surface area contributed by atoms with Crippen LogP contribution in [0.15, 0.2) is 6.07 Å². The lowest BCUT2D eigenvalue weighted by atomic mass is 10.3. The van der Waals surface area contributed by atoms with Gasteiger partial charge in [0.2, 0.25) is 5.95 Å². The molecule has 0 saturated carbocycles. The highest BCUT2D eigenvalue weighted by Crippen LogP contribution is 2.32. The van der Waals surface area contributed by atoms with Crippen molar-refractivity contribution in [3.05, 3.63) is 10.9 Å². The third-order valence-corrected chi connectivity index (χ3v) is 6.03. The molecule has 0 bridgehead atoms. The van der Waals surface area contributed by atoms with Crippen LogP contribution in [-0.2, 0) is 17.2 Å². The summed E-state index contributed by atoms with van der Waals surface area (Å²) in [6, 6.07) is 2.20. The highest BCUT2D eigenvalue weighted by molar-refractivity contribution is 7.85. The Morgan fingerprint density at radius 3 is 2.76 bits per heavy atom. The van der Waals surface area contributed by atoms with Crippen molar-refractivity contribution in [2.24, 2.45) is 0 Å². The van der Waals surface area contributed by atoms with E-state index in [9.17, 15) is 4.21 Å². The molecule has 3 rings (SSSR count). The quantitative estimate of drug-likeness (QED) is 0.935. The van der Waals surface area contributed by atoms with Gasteiger partial charge in [-0.1, -0.05) is 6.92 Å². The second-order valence-corrected chi connectivity index (χ2v) is 7.83. The van der Waals surface area contributed by atoms with Gasteiger partial charge in [0.15, 0.2) is 0 Å². The van der Waals surface area contributed by atoms with E-state index in [1.807, 2.05) is 6.92 Å². The van der Waals surface area contributed by atoms with Crippen molar-refractivity contribution in [3.63, 3.8) is 0 Å². The van der Waals surface area contributed by atoms with Crippen molar-refractivity contribution in [1.82, 2.24) is 9.97 Å². The van der Waals surface area contributed by atoms with Crippen molar-refractivity contribution in [2.75, 3.05) is 41.4 Å². The van der Waals surface area contributed by atoms with Crippen LogP contribution in [0.5, 0.6) is 0 Å². The molecule has 2 aromatic heterocycles. The molecule has 0 unspecified atom stereocenters. The first-order valence-electron chi connectivity index (χ1n) is 7.35. The standard InChI is InChI=1S/C14H20N4OS2/c1-3-10-9-11-12(18-5-7-21(19)8-6-18)16-14(15-4-2)17-13(11)20-10/h9H,3-8H2,1-2H3,(H,15,16,17). The molecule has 0 aromatic carbocycles. The van der Waals surface area contributed by atoms with Gasteiger partial charge in [-0.25, -0.2) is 4.98 Å². The average Bonchev–Trinajstić information content (AvgIpc) is 2.91. The molecule has 0 radical (unpaired) electrons. The minimum absolute atomic E-state index is 0.672. The molecule has 2 aromatic rings. The highest BCUT2D eigenvalue weighted by Gasteiger charge is 2.21. The fraction of sp³-hybridized carbons (Fsp3) is 0.571. The van der Waals surface area contributed by atoms with E-state index in [-0.39, 0.29) is 0 Å². The van der Waals surface area contributed by atoms with E-state index in [0.29, 0.717) is 5.95 Å². The van der Waals surface area contributed by atoms with E-state index < -0.39 is 10.8 Å². The highest BCUT2D eigenvalue weighted by atomic mass is 32.2. The van der Waals surface area contributed by atoms with Gasteiger partial charge in [0, 0.05) is 46.8 Å². The smallest absolute Gasteiger partial charge is 0.226 e. The lowest BCUT2D eigenvalue weighted by Crippen LogP contribution is -2.38. The summed E-state index contributed by atoms with van der Waals surface area (Å²) in [7, 11) is -0.672. The molecule has 7 heteroatoms. The number of aryl methyl sites for hydroxylation is 1. The Labute approximate surface area is 131 Å². The van der Waals surface area contributed by atoms with Crippen LogP contribution in [0.1, 0.15) is 18.7 Å². The molecule has 0 atom stereocenters. The van der Waals surface area contributed by atoms with E-state index >= 15 is 0 Å². The first-order chi connectivity index (χ1) is 10.2. The molecule has 1 fully saturated rings. The Bertz CT molecular complexity index is 660. The molecule has 5 nitrogen and oxygen atoms in total. The summed E-state index contributed by atoms with van der Waals surface area (Å²) in [6.45, 7) is 6.63. The largest absolute Gasteiger partial charge is 0.354 e. The molecule has 1 N–H and O–H groups in total. The first-order valence-corrected chi connectivity index (χ1v) is 9.66. The van der Waals surface area contributed by atoms with Gasteiger partial charge >= 0.3 is 0 Å². The van der Waals surface area contributed by atoms with Gasteiger partial charge < -0.3 is 10.2 Å². The minimum atomic E-state index is -0.672. The van der Waals surface area contributed by atoms with Gasteiger partial charge in [-0.3, -0.25) is 4.21 Å². The number of thiophene rings is 1. The molecule has 114 valence electrons. The van der Waals surface area contributed by atoms with Crippen LogP contribution < -0.4 is 10.2 Å². The third-order valence-electron chi connectivity index (χ3n) is 3.58. The topological polar surface area (TPSA) is 58.1 Å². The number of hydrogen-bond acceptors (Lipinski definition) is 6. The van der Waals surface area contributed by atoms with Crippen LogP contribution in [-0.4, -0.2) is 45.3 Å². The fourth-order valence-corrected chi connectivity index (χ4v) is 4.47. The van der Waals surface area contributed by atoms with Crippen molar-refractivity contribution < 1.29 is 4.21 Å². The van der Waals surface area contributed by atoms with E-state index in [0.717, 1.165) is 53.6 Å². The number of aromatic nitrogens is 2. The normalized spacial score (nSPS) is 16.6. The zero-order chi connectivity index (χ0) is 14.8. The SMILES string of the molecule is CCNc1nc(N2CCS(=O)CC2)c2cc(CC)sc2n1. The van der Waals surface area contributed by atoms with Gasteiger partial charge in [0.25, 0.3) is 0 Å². The number of anilines is 2. The lowest BCUT2D eigenvalue weighted by Gasteiger charge is -2.28. The lowest BCUT2D eigenvalue weighted by molar-refractivity contribution is 0.672. The van der Waals surface area contributed by atoms with Gasteiger partial charge in [-0.2, -0.15) is 4.98 Å². The van der Waals surface area contributed by atoms with E-state index in [1.54, 1.807) is 11.3 Å². The molecule has 1 aliphatic heterocycles. The maximum atomic E-state index is 11.6.